The first-order chi connectivity index (χ1) is 15.8. The Labute approximate surface area is 194 Å². The summed E-state index contributed by atoms with van der Waals surface area (Å²) in [6, 6.07) is 3.39. The van der Waals surface area contributed by atoms with Crippen molar-refractivity contribution >= 4 is 11.7 Å². The molecule has 186 valence electrons. The molecule has 1 aliphatic rings. The molecular weight excluding hydrogens is 432 g/mol. The summed E-state index contributed by atoms with van der Waals surface area (Å²) in [6.45, 7) is 2.28. The van der Waals surface area contributed by atoms with E-state index in [1.807, 2.05) is 6.92 Å². The SMILES string of the molecule is CCO/N=C1\CC(O)C(CCCCCCC(=O)O)C1CCC(O)CCc1cc(F)cc(F)c1. The Kier molecular flexibility index (Phi) is 11.7. The van der Waals surface area contributed by atoms with E-state index in [0.717, 1.165) is 37.5 Å². The minimum absolute atomic E-state index is 0.00633. The maximum absolute atomic E-state index is 13.4. The molecule has 1 saturated carbocycles. The van der Waals surface area contributed by atoms with Crippen LogP contribution in [0.25, 0.3) is 0 Å². The van der Waals surface area contributed by atoms with Gasteiger partial charge in [-0.3, -0.25) is 4.79 Å². The number of aliphatic carboxylic acids is 1. The lowest BCUT2D eigenvalue weighted by Gasteiger charge is -2.23. The van der Waals surface area contributed by atoms with Gasteiger partial charge in [-0.25, -0.2) is 8.78 Å². The highest BCUT2D eigenvalue weighted by Crippen LogP contribution is 2.37. The van der Waals surface area contributed by atoms with Gasteiger partial charge in [0, 0.05) is 24.8 Å². The number of rotatable bonds is 15. The van der Waals surface area contributed by atoms with Gasteiger partial charge in [0.05, 0.1) is 17.9 Å². The van der Waals surface area contributed by atoms with Crippen molar-refractivity contribution < 1.29 is 33.7 Å². The van der Waals surface area contributed by atoms with Gasteiger partial charge in [0.2, 0.25) is 0 Å². The fourth-order valence-electron chi connectivity index (χ4n) is 4.67. The van der Waals surface area contributed by atoms with Crippen LogP contribution in [0.3, 0.4) is 0 Å². The van der Waals surface area contributed by atoms with E-state index in [-0.39, 0.29) is 18.3 Å². The first kappa shape index (κ1) is 27.2. The molecule has 33 heavy (non-hydrogen) atoms. The maximum atomic E-state index is 13.4. The molecule has 0 saturated heterocycles. The van der Waals surface area contributed by atoms with Crippen molar-refractivity contribution in [3.8, 4) is 0 Å². The lowest BCUT2D eigenvalue weighted by molar-refractivity contribution is -0.137. The van der Waals surface area contributed by atoms with Gasteiger partial charge in [-0.15, -0.1) is 0 Å². The zero-order valence-electron chi connectivity index (χ0n) is 19.4. The van der Waals surface area contributed by atoms with Crippen LogP contribution in [0.15, 0.2) is 23.4 Å². The highest BCUT2D eigenvalue weighted by molar-refractivity contribution is 5.89. The molecular formula is C25H37F2NO5. The van der Waals surface area contributed by atoms with Gasteiger partial charge in [0.15, 0.2) is 0 Å². The number of halogens is 2. The molecule has 1 aromatic carbocycles. The normalized spacial score (nSPS) is 22.6. The van der Waals surface area contributed by atoms with Crippen molar-refractivity contribution in [1.82, 2.24) is 0 Å². The van der Waals surface area contributed by atoms with E-state index in [2.05, 4.69) is 5.16 Å². The van der Waals surface area contributed by atoms with Crippen molar-refractivity contribution in [1.29, 1.82) is 0 Å². The second-order valence-electron chi connectivity index (χ2n) is 8.94. The molecule has 0 amide bonds. The van der Waals surface area contributed by atoms with E-state index < -0.39 is 29.8 Å². The van der Waals surface area contributed by atoms with E-state index in [1.54, 1.807) is 0 Å². The number of aliphatic hydroxyl groups excluding tert-OH is 2. The molecule has 4 atom stereocenters. The van der Waals surface area contributed by atoms with Gasteiger partial charge < -0.3 is 20.2 Å². The Morgan fingerprint density at radius 1 is 1.12 bits per heavy atom. The first-order valence-electron chi connectivity index (χ1n) is 12.0. The van der Waals surface area contributed by atoms with E-state index in [4.69, 9.17) is 9.94 Å². The summed E-state index contributed by atoms with van der Waals surface area (Å²) in [7, 11) is 0. The van der Waals surface area contributed by atoms with Gasteiger partial charge in [-0.1, -0.05) is 24.4 Å². The van der Waals surface area contributed by atoms with Gasteiger partial charge in [-0.2, -0.15) is 0 Å². The largest absolute Gasteiger partial charge is 0.481 e. The van der Waals surface area contributed by atoms with Crippen LogP contribution >= 0.6 is 0 Å². The number of aliphatic hydroxyl groups is 2. The number of oxime groups is 1. The summed E-state index contributed by atoms with van der Waals surface area (Å²) in [4.78, 5) is 15.9. The number of aryl methyl sites for hydroxylation is 1. The molecule has 0 spiro atoms. The zero-order valence-corrected chi connectivity index (χ0v) is 19.4. The highest BCUT2D eigenvalue weighted by atomic mass is 19.1. The topological polar surface area (TPSA) is 99.4 Å². The summed E-state index contributed by atoms with van der Waals surface area (Å²) in [5.74, 6) is -2.00. The second-order valence-corrected chi connectivity index (χ2v) is 8.94. The van der Waals surface area contributed by atoms with Crippen molar-refractivity contribution in [2.75, 3.05) is 6.61 Å². The minimum atomic E-state index is -0.779. The summed E-state index contributed by atoms with van der Waals surface area (Å²) in [6.07, 6.45) is 5.52. The number of carboxylic acids is 1. The number of unbranched alkanes of at least 4 members (excludes halogenated alkanes) is 3. The van der Waals surface area contributed by atoms with Crippen LogP contribution in [0.2, 0.25) is 0 Å². The van der Waals surface area contributed by atoms with Crippen LogP contribution in [0, 0.1) is 23.5 Å². The summed E-state index contributed by atoms with van der Waals surface area (Å²) in [5, 5.41) is 34.0. The van der Waals surface area contributed by atoms with E-state index >= 15 is 0 Å². The molecule has 1 aromatic rings. The Bertz CT molecular complexity index is 753. The molecule has 3 N–H and O–H groups in total. The molecule has 1 fully saturated rings. The molecule has 2 rings (SSSR count). The average molecular weight is 470 g/mol. The lowest BCUT2D eigenvalue weighted by Crippen LogP contribution is -2.22. The molecule has 0 bridgehead atoms. The minimum Gasteiger partial charge on any atom is -0.481 e. The number of benzene rings is 1. The van der Waals surface area contributed by atoms with Crippen LogP contribution < -0.4 is 0 Å². The van der Waals surface area contributed by atoms with Crippen molar-refractivity contribution in [3.05, 3.63) is 35.4 Å². The second kappa shape index (κ2) is 14.3. The Balaban J connectivity index is 1.87. The van der Waals surface area contributed by atoms with E-state index in [0.29, 0.717) is 50.7 Å². The molecule has 0 radical (unpaired) electrons. The summed E-state index contributed by atoms with van der Waals surface area (Å²) >= 11 is 0. The molecule has 8 heteroatoms. The molecule has 0 heterocycles. The smallest absolute Gasteiger partial charge is 0.303 e. The molecule has 1 aliphatic carbocycles. The number of hydrogen-bond acceptors (Lipinski definition) is 5. The molecule has 4 unspecified atom stereocenters. The third kappa shape index (κ3) is 9.76. The quantitative estimate of drug-likeness (QED) is 0.252. The molecule has 0 aromatic heterocycles. The van der Waals surface area contributed by atoms with Crippen LogP contribution in [0.5, 0.6) is 0 Å². The summed E-state index contributed by atoms with van der Waals surface area (Å²) in [5.41, 5.74) is 1.34. The predicted molar refractivity (Wildman–Crippen MR) is 122 cm³/mol. The summed E-state index contributed by atoms with van der Waals surface area (Å²) < 4.78 is 26.7. The van der Waals surface area contributed by atoms with E-state index in [1.165, 1.54) is 12.1 Å². The van der Waals surface area contributed by atoms with Crippen LogP contribution in [0.1, 0.15) is 76.7 Å². The van der Waals surface area contributed by atoms with Gasteiger partial charge in [0.25, 0.3) is 0 Å². The standard InChI is InChI=1S/C25H37F2NO5/c1-2-33-28-23-16-24(30)22(7-5-3-4-6-8-25(31)32)21(23)12-11-20(29)10-9-17-13-18(26)15-19(27)14-17/h13-15,20-22,24,29-30H,2-12,16H2,1H3,(H,31,32)/b28-23+. The maximum Gasteiger partial charge on any atom is 0.303 e. The zero-order chi connectivity index (χ0) is 24.2. The number of carboxylic acid groups (broad SMARTS) is 1. The third-order valence-electron chi connectivity index (χ3n) is 6.35. The monoisotopic (exact) mass is 469 g/mol. The average Bonchev–Trinajstić information content (AvgIpc) is 3.05. The Hall–Kier alpha value is -2.06. The van der Waals surface area contributed by atoms with Crippen molar-refractivity contribution in [2.24, 2.45) is 17.0 Å². The highest BCUT2D eigenvalue weighted by Gasteiger charge is 2.39. The van der Waals surface area contributed by atoms with Gasteiger partial charge in [-0.05, 0) is 69.1 Å². The number of nitrogens with zero attached hydrogens (tertiary/aromatic N) is 1. The van der Waals surface area contributed by atoms with Gasteiger partial charge in [0.1, 0.15) is 18.2 Å². The van der Waals surface area contributed by atoms with Crippen molar-refractivity contribution in [3.63, 3.8) is 0 Å². The molecule has 6 nitrogen and oxygen atoms in total. The van der Waals surface area contributed by atoms with Gasteiger partial charge >= 0.3 is 5.97 Å². The Morgan fingerprint density at radius 2 is 1.82 bits per heavy atom. The first-order valence-corrected chi connectivity index (χ1v) is 12.0. The van der Waals surface area contributed by atoms with E-state index in [9.17, 15) is 23.8 Å². The molecule has 0 aliphatic heterocycles. The lowest BCUT2D eigenvalue weighted by atomic mass is 9.84. The van der Waals surface area contributed by atoms with Crippen LogP contribution in [-0.4, -0.2) is 45.8 Å². The van der Waals surface area contributed by atoms with Crippen LogP contribution in [0.4, 0.5) is 8.78 Å². The fraction of sp³-hybridized carbons (Fsp3) is 0.680. The number of carbonyl (C=O) groups is 1. The fourth-order valence-corrected chi connectivity index (χ4v) is 4.67. The predicted octanol–water partition coefficient (Wildman–Crippen LogP) is 4.85. The van der Waals surface area contributed by atoms with Crippen LogP contribution in [-0.2, 0) is 16.1 Å². The number of hydrogen-bond donors (Lipinski definition) is 3. The third-order valence-corrected chi connectivity index (χ3v) is 6.35. The Morgan fingerprint density at radius 3 is 2.48 bits per heavy atom. The van der Waals surface area contributed by atoms with Crippen molar-refractivity contribution in [2.45, 2.75) is 89.8 Å².